The van der Waals surface area contributed by atoms with Crippen LogP contribution in [0.2, 0.25) is 0 Å². The molecule has 1 unspecified atom stereocenters. The van der Waals surface area contributed by atoms with Crippen molar-refractivity contribution in [3.8, 4) is 0 Å². The number of aromatic amines is 1. The van der Waals surface area contributed by atoms with Crippen LogP contribution in [-0.4, -0.2) is 46.5 Å². The second kappa shape index (κ2) is 6.41. The van der Waals surface area contributed by atoms with Crippen molar-refractivity contribution in [3.05, 3.63) is 26.6 Å². The normalized spacial score (nSPS) is 18.6. The molecule has 2 N–H and O–H groups in total. The minimum Gasteiger partial charge on any atom is -0.337 e. The number of hydrogen-bond acceptors (Lipinski definition) is 5. The lowest BCUT2D eigenvalue weighted by molar-refractivity contribution is -0.133. The van der Waals surface area contributed by atoms with Crippen molar-refractivity contribution in [2.24, 2.45) is 0 Å². The van der Waals surface area contributed by atoms with E-state index in [9.17, 15) is 9.59 Å². The molecule has 1 fully saturated rings. The highest BCUT2D eigenvalue weighted by Gasteiger charge is 2.22. The van der Waals surface area contributed by atoms with Gasteiger partial charge in [-0.05, 0) is 26.3 Å². The fraction of sp³-hybridized carbons (Fsp3) is 0.562. The van der Waals surface area contributed by atoms with Crippen molar-refractivity contribution < 1.29 is 4.79 Å². The van der Waals surface area contributed by atoms with Gasteiger partial charge in [-0.3, -0.25) is 9.59 Å². The quantitative estimate of drug-likeness (QED) is 0.888. The van der Waals surface area contributed by atoms with Crippen molar-refractivity contribution in [2.75, 3.05) is 19.6 Å². The number of fused-ring (bicyclic) bond motifs is 1. The van der Waals surface area contributed by atoms with Gasteiger partial charge in [0.2, 0.25) is 5.91 Å². The van der Waals surface area contributed by atoms with Gasteiger partial charge in [-0.25, -0.2) is 4.98 Å². The van der Waals surface area contributed by atoms with E-state index in [2.05, 4.69) is 15.3 Å². The van der Waals surface area contributed by atoms with Gasteiger partial charge in [0, 0.05) is 43.4 Å². The molecule has 0 radical (unpaired) electrons. The van der Waals surface area contributed by atoms with Gasteiger partial charge in [0.25, 0.3) is 5.56 Å². The highest BCUT2D eigenvalue weighted by atomic mass is 32.1. The number of piperazine rings is 1. The number of hydrogen-bond donors (Lipinski definition) is 2. The third-order valence-electron chi connectivity index (χ3n) is 4.49. The summed E-state index contributed by atoms with van der Waals surface area (Å²) in [6.45, 7) is 8.40. The molecule has 0 spiro atoms. The molecule has 1 atom stereocenters. The maximum atomic E-state index is 12.4. The van der Waals surface area contributed by atoms with Crippen molar-refractivity contribution in [2.45, 2.75) is 39.7 Å². The Morgan fingerprint density at radius 1 is 1.43 bits per heavy atom. The van der Waals surface area contributed by atoms with E-state index < -0.39 is 0 Å². The van der Waals surface area contributed by atoms with Crippen LogP contribution in [0.1, 0.15) is 29.6 Å². The topological polar surface area (TPSA) is 78.1 Å². The van der Waals surface area contributed by atoms with Crippen LogP contribution >= 0.6 is 11.3 Å². The second-order valence-electron chi connectivity index (χ2n) is 6.12. The van der Waals surface area contributed by atoms with Crippen molar-refractivity contribution >= 4 is 27.5 Å². The molecule has 0 aromatic carbocycles. The molecular formula is C16H22N4O2S. The van der Waals surface area contributed by atoms with Crippen molar-refractivity contribution in [3.63, 3.8) is 0 Å². The minimum absolute atomic E-state index is 0.102. The van der Waals surface area contributed by atoms with Crippen LogP contribution in [0.4, 0.5) is 0 Å². The largest absolute Gasteiger partial charge is 0.337 e. The average molecular weight is 334 g/mol. The Balaban J connectivity index is 1.74. The highest BCUT2D eigenvalue weighted by molar-refractivity contribution is 7.18. The summed E-state index contributed by atoms with van der Waals surface area (Å²) in [5.74, 6) is 0.722. The van der Waals surface area contributed by atoms with Gasteiger partial charge in [-0.15, -0.1) is 11.3 Å². The van der Waals surface area contributed by atoms with Gasteiger partial charge < -0.3 is 15.2 Å². The molecule has 124 valence electrons. The Labute approximate surface area is 138 Å². The van der Waals surface area contributed by atoms with Crippen molar-refractivity contribution in [1.82, 2.24) is 20.2 Å². The van der Waals surface area contributed by atoms with Crippen LogP contribution in [0.25, 0.3) is 10.2 Å². The standard InChI is InChI=1S/C16H22N4O2S/c1-9-8-17-6-7-20(9)13(21)5-4-12-18-15(22)14-10(2)11(3)23-16(14)19-12/h9,17H,4-8H2,1-3H3,(H,18,19,22). The van der Waals surface area contributed by atoms with E-state index in [0.717, 1.165) is 34.9 Å². The molecule has 23 heavy (non-hydrogen) atoms. The number of nitrogens with one attached hydrogen (secondary N) is 2. The van der Waals surface area contributed by atoms with Crippen LogP contribution in [-0.2, 0) is 11.2 Å². The molecule has 1 aliphatic heterocycles. The van der Waals surface area contributed by atoms with Crippen LogP contribution in [0, 0.1) is 13.8 Å². The molecule has 2 aromatic rings. The third-order valence-corrected chi connectivity index (χ3v) is 5.59. The number of rotatable bonds is 3. The molecule has 1 aliphatic rings. The zero-order chi connectivity index (χ0) is 16.6. The van der Waals surface area contributed by atoms with Gasteiger partial charge in [0.1, 0.15) is 10.7 Å². The van der Waals surface area contributed by atoms with Gasteiger partial charge in [0.15, 0.2) is 0 Å². The zero-order valence-corrected chi connectivity index (χ0v) is 14.5. The fourth-order valence-electron chi connectivity index (χ4n) is 3.00. The molecule has 6 nitrogen and oxygen atoms in total. The number of H-pyrrole nitrogens is 1. The highest BCUT2D eigenvalue weighted by Crippen LogP contribution is 2.25. The van der Waals surface area contributed by atoms with E-state index in [0.29, 0.717) is 24.1 Å². The summed E-state index contributed by atoms with van der Waals surface area (Å²) >= 11 is 1.54. The predicted molar refractivity (Wildman–Crippen MR) is 92.1 cm³/mol. The van der Waals surface area contributed by atoms with Crippen LogP contribution < -0.4 is 10.9 Å². The van der Waals surface area contributed by atoms with Crippen LogP contribution in [0.15, 0.2) is 4.79 Å². The summed E-state index contributed by atoms with van der Waals surface area (Å²) < 4.78 is 0. The number of aryl methyl sites for hydroxylation is 3. The van der Waals surface area contributed by atoms with E-state index in [1.165, 1.54) is 11.3 Å². The maximum Gasteiger partial charge on any atom is 0.259 e. The number of aromatic nitrogens is 2. The van der Waals surface area contributed by atoms with Gasteiger partial charge in [-0.1, -0.05) is 0 Å². The number of carbonyl (C=O) groups excluding carboxylic acids is 1. The molecule has 7 heteroatoms. The van der Waals surface area contributed by atoms with Crippen LogP contribution in [0.3, 0.4) is 0 Å². The van der Waals surface area contributed by atoms with E-state index in [-0.39, 0.29) is 17.5 Å². The molecular weight excluding hydrogens is 312 g/mol. The van der Waals surface area contributed by atoms with Gasteiger partial charge in [0.05, 0.1) is 5.39 Å². The summed E-state index contributed by atoms with van der Waals surface area (Å²) in [5, 5.41) is 3.95. The maximum absolute atomic E-state index is 12.4. The molecule has 1 saturated heterocycles. The minimum atomic E-state index is -0.102. The zero-order valence-electron chi connectivity index (χ0n) is 13.7. The van der Waals surface area contributed by atoms with E-state index in [1.807, 2.05) is 25.7 Å². The van der Waals surface area contributed by atoms with E-state index >= 15 is 0 Å². The first-order chi connectivity index (χ1) is 11.0. The number of nitrogens with zero attached hydrogens (tertiary/aromatic N) is 2. The number of amides is 1. The Morgan fingerprint density at radius 2 is 2.22 bits per heavy atom. The molecule has 2 aromatic heterocycles. The molecule has 3 heterocycles. The first-order valence-electron chi connectivity index (χ1n) is 7.96. The Morgan fingerprint density at radius 3 is 2.96 bits per heavy atom. The predicted octanol–water partition coefficient (Wildman–Crippen LogP) is 1.35. The fourth-order valence-corrected chi connectivity index (χ4v) is 4.05. The van der Waals surface area contributed by atoms with Gasteiger partial charge >= 0.3 is 0 Å². The number of carbonyl (C=O) groups is 1. The molecule has 0 aliphatic carbocycles. The Bertz CT molecular complexity index is 795. The summed E-state index contributed by atoms with van der Waals surface area (Å²) in [6, 6.07) is 0.216. The Hall–Kier alpha value is -1.73. The molecule has 0 saturated carbocycles. The lowest BCUT2D eigenvalue weighted by Crippen LogP contribution is -2.52. The first-order valence-corrected chi connectivity index (χ1v) is 8.78. The second-order valence-corrected chi connectivity index (χ2v) is 7.32. The molecule has 3 rings (SSSR count). The lowest BCUT2D eigenvalue weighted by atomic mass is 10.1. The van der Waals surface area contributed by atoms with E-state index in [1.54, 1.807) is 0 Å². The third kappa shape index (κ3) is 3.16. The summed E-state index contributed by atoms with van der Waals surface area (Å²) in [6.07, 6.45) is 0.846. The van der Waals surface area contributed by atoms with Crippen LogP contribution in [0.5, 0.6) is 0 Å². The SMILES string of the molecule is Cc1sc2nc(CCC(=O)N3CCNCC3C)[nH]c(=O)c2c1C. The molecule has 0 bridgehead atoms. The lowest BCUT2D eigenvalue weighted by Gasteiger charge is -2.34. The summed E-state index contributed by atoms with van der Waals surface area (Å²) in [4.78, 5) is 35.8. The van der Waals surface area contributed by atoms with Crippen molar-refractivity contribution in [1.29, 1.82) is 0 Å². The molecule has 1 amide bonds. The van der Waals surface area contributed by atoms with Gasteiger partial charge in [-0.2, -0.15) is 0 Å². The smallest absolute Gasteiger partial charge is 0.259 e. The first kappa shape index (κ1) is 16.1. The average Bonchev–Trinajstić information content (AvgIpc) is 2.80. The summed E-state index contributed by atoms with van der Waals surface area (Å²) in [5.41, 5.74) is 0.894. The van der Waals surface area contributed by atoms with E-state index in [4.69, 9.17) is 0 Å². The summed E-state index contributed by atoms with van der Waals surface area (Å²) in [7, 11) is 0. The monoisotopic (exact) mass is 334 g/mol. The Kier molecular flexibility index (Phi) is 4.50. The number of thiophene rings is 1.